The molecule has 3 rings (SSSR count). The number of halogens is 1. The van der Waals surface area contributed by atoms with Gasteiger partial charge in [0.15, 0.2) is 0 Å². The summed E-state index contributed by atoms with van der Waals surface area (Å²) in [6.07, 6.45) is 1.04. The van der Waals surface area contributed by atoms with Crippen LogP contribution in [-0.4, -0.2) is 46.1 Å². The van der Waals surface area contributed by atoms with Crippen molar-refractivity contribution in [2.45, 2.75) is 26.5 Å². The maximum Gasteiger partial charge on any atom is 0.319 e. The van der Waals surface area contributed by atoms with Crippen molar-refractivity contribution in [2.75, 3.05) is 25.0 Å². The highest BCUT2D eigenvalue weighted by atomic mass is 35.5. The van der Waals surface area contributed by atoms with E-state index >= 15 is 0 Å². The van der Waals surface area contributed by atoms with Crippen molar-refractivity contribution >= 4 is 40.1 Å². The van der Waals surface area contributed by atoms with Crippen molar-refractivity contribution in [1.29, 1.82) is 0 Å². The molecule has 1 aromatic heterocycles. The molecule has 8 heteroatoms. The molecule has 0 fully saturated rings. The predicted molar refractivity (Wildman–Crippen MR) is 123 cm³/mol. The third-order valence-electron chi connectivity index (χ3n) is 5.16. The highest BCUT2D eigenvalue weighted by Crippen LogP contribution is 2.21. The van der Waals surface area contributed by atoms with E-state index in [-0.39, 0.29) is 19.0 Å². The molecule has 0 aliphatic rings. The number of rotatable bonds is 8. The lowest BCUT2D eigenvalue weighted by Gasteiger charge is -2.19. The number of likely N-dealkylation sites (N-methyl/N-ethyl adjacent to an activating group) is 1. The molecule has 0 aliphatic carbocycles. The zero-order chi connectivity index (χ0) is 22.4. The molecular formula is C23H27ClN4O3. The first-order chi connectivity index (χ1) is 14.9. The van der Waals surface area contributed by atoms with Crippen LogP contribution in [0.1, 0.15) is 25.5 Å². The van der Waals surface area contributed by atoms with Crippen LogP contribution < -0.4 is 10.6 Å². The van der Waals surface area contributed by atoms with Crippen LogP contribution in [0.15, 0.2) is 54.7 Å². The van der Waals surface area contributed by atoms with E-state index < -0.39 is 12.1 Å². The number of nitrogens with zero attached hydrogens (tertiary/aromatic N) is 2. The number of nitrogens with one attached hydrogen (secondary N) is 2. The minimum atomic E-state index is -0.831. The third kappa shape index (κ3) is 5.77. The lowest BCUT2D eigenvalue weighted by Crippen LogP contribution is -2.33. The van der Waals surface area contributed by atoms with Crippen LogP contribution in [0.4, 0.5) is 10.5 Å². The number of hydrogen-bond donors (Lipinski definition) is 3. The first-order valence-electron chi connectivity index (χ1n) is 10.3. The largest absolute Gasteiger partial charge is 0.387 e. The van der Waals surface area contributed by atoms with Crippen molar-refractivity contribution < 1.29 is 14.7 Å². The number of amides is 3. The summed E-state index contributed by atoms with van der Waals surface area (Å²) in [5.41, 5.74) is 2.22. The number of aliphatic hydroxyl groups excluding tert-OH is 1. The van der Waals surface area contributed by atoms with E-state index in [1.807, 2.05) is 42.8 Å². The summed E-state index contributed by atoms with van der Waals surface area (Å²) in [5, 5.41) is 17.1. The fraction of sp³-hybridized carbons (Fsp3) is 0.304. The van der Waals surface area contributed by atoms with Crippen LogP contribution in [0.2, 0.25) is 5.02 Å². The molecule has 1 unspecified atom stereocenters. The summed E-state index contributed by atoms with van der Waals surface area (Å²) in [5.74, 6) is 0.0725. The minimum Gasteiger partial charge on any atom is -0.387 e. The molecule has 31 heavy (non-hydrogen) atoms. The molecule has 0 radical (unpaired) electrons. The quantitative estimate of drug-likeness (QED) is 0.492. The number of fused-ring (bicyclic) bond motifs is 1. The zero-order valence-electron chi connectivity index (χ0n) is 17.6. The Balaban J connectivity index is 1.58. The molecule has 1 heterocycles. The molecule has 3 amide bonds. The SMILES string of the molecule is CCN(CC)C(=O)Cn1ccc2cc(NC(=O)NCC(O)c3ccc(Cl)cc3)ccc21. The van der Waals surface area contributed by atoms with Crippen molar-refractivity contribution in [2.24, 2.45) is 0 Å². The number of urea groups is 1. The first kappa shape index (κ1) is 22.7. The van der Waals surface area contributed by atoms with E-state index in [2.05, 4.69) is 10.6 Å². The summed E-state index contributed by atoms with van der Waals surface area (Å²) in [4.78, 5) is 26.4. The van der Waals surface area contributed by atoms with Gasteiger partial charge in [-0.2, -0.15) is 0 Å². The topological polar surface area (TPSA) is 86.6 Å². The van der Waals surface area contributed by atoms with Gasteiger partial charge in [-0.15, -0.1) is 0 Å². The summed E-state index contributed by atoms with van der Waals surface area (Å²) >= 11 is 5.85. The lowest BCUT2D eigenvalue weighted by atomic mass is 10.1. The number of hydrogen-bond acceptors (Lipinski definition) is 3. The van der Waals surface area contributed by atoms with Crippen LogP contribution in [-0.2, 0) is 11.3 Å². The van der Waals surface area contributed by atoms with Gasteiger partial charge in [-0.25, -0.2) is 4.79 Å². The highest BCUT2D eigenvalue weighted by Gasteiger charge is 2.13. The molecule has 0 bridgehead atoms. The average molecular weight is 443 g/mol. The second kappa shape index (κ2) is 10.3. The second-order valence-electron chi connectivity index (χ2n) is 7.19. The number of anilines is 1. The summed E-state index contributed by atoms with van der Waals surface area (Å²) in [7, 11) is 0. The Kier molecular flexibility index (Phi) is 7.55. The van der Waals surface area contributed by atoms with Crippen molar-refractivity contribution in [3.8, 4) is 0 Å². The Bertz CT molecular complexity index is 1040. The number of carbonyl (C=O) groups is 2. The van der Waals surface area contributed by atoms with Crippen LogP contribution in [0, 0.1) is 0 Å². The van der Waals surface area contributed by atoms with Crippen LogP contribution in [0.25, 0.3) is 10.9 Å². The Morgan fingerprint density at radius 3 is 2.48 bits per heavy atom. The van der Waals surface area contributed by atoms with E-state index in [4.69, 9.17) is 11.6 Å². The van der Waals surface area contributed by atoms with Gasteiger partial charge >= 0.3 is 6.03 Å². The average Bonchev–Trinajstić information content (AvgIpc) is 3.15. The van der Waals surface area contributed by atoms with Gasteiger partial charge in [-0.1, -0.05) is 23.7 Å². The monoisotopic (exact) mass is 442 g/mol. The minimum absolute atomic E-state index is 0.0690. The fourth-order valence-electron chi connectivity index (χ4n) is 3.41. The Morgan fingerprint density at radius 1 is 1.10 bits per heavy atom. The summed E-state index contributed by atoms with van der Waals surface area (Å²) in [6, 6.07) is 13.8. The lowest BCUT2D eigenvalue weighted by molar-refractivity contribution is -0.131. The first-order valence-corrected chi connectivity index (χ1v) is 10.6. The summed E-state index contributed by atoms with van der Waals surface area (Å²) in [6.45, 7) is 5.65. The van der Waals surface area contributed by atoms with E-state index in [0.29, 0.717) is 29.4 Å². The maximum atomic E-state index is 12.4. The molecular weight excluding hydrogens is 416 g/mol. The highest BCUT2D eigenvalue weighted by molar-refractivity contribution is 6.30. The van der Waals surface area contributed by atoms with Gasteiger partial charge in [0, 0.05) is 47.4 Å². The van der Waals surface area contributed by atoms with Gasteiger partial charge in [0.1, 0.15) is 6.54 Å². The standard InChI is InChI=1S/C23H27ClN4O3/c1-3-27(4-2)22(30)15-28-12-11-17-13-19(9-10-20(17)28)26-23(31)25-14-21(29)16-5-7-18(24)8-6-16/h5-13,21,29H,3-4,14-15H2,1-2H3,(H2,25,26,31). The molecule has 164 valence electrons. The number of aromatic nitrogens is 1. The van der Waals surface area contributed by atoms with Gasteiger partial charge in [0.05, 0.1) is 6.10 Å². The Labute approximate surface area is 186 Å². The Morgan fingerprint density at radius 2 is 1.81 bits per heavy atom. The maximum absolute atomic E-state index is 12.4. The molecule has 0 aliphatic heterocycles. The van der Waals surface area contributed by atoms with Gasteiger partial charge < -0.3 is 25.2 Å². The molecule has 0 saturated heterocycles. The van der Waals surface area contributed by atoms with Crippen molar-refractivity contribution in [3.05, 3.63) is 65.3 Å². The molecule has 1 atom stereocenters. The number of benzene rings is 2. The zero-order valence-corrected chi connectivity index (χ0v) is 18.4. The predicted octanol–water partition coefficient (Wildman–Crippen LogP) is 4.02. The van der Waals surface area contributed by atoms with Gasteiger partial charge in [-0.05, 0) is 55.8 Å². The fourth-order valence-corrected chi connectivity index (χ4v) is 3.53. The van der Waals surface area contributed by atoms with Gasteiger partial charge in [-0.3, -0.25) is 4.79 Å². The van der Waals surface area contributed by atoms with Crippen LogP contribution in [0.5, 0.6) is 0 Å². The molecule has 3 aromatic rings. The van der Waals surface area contributed by atoms with Gasteiger partial charge in [0.25, 0.3) is 0 Å². The van der Waals surface area contributed by atoms with E-state index in [0.717, 1.165) is 10.9 Å². The van der Waals surface area contributed by atoms with Crippen LogP contribution in [0.3, 0.4) is 0 Å². The molecule has 0 saturated carbocycles. The smallest absolute Gasteiger partial charge is 0.319 e. The molecule has 0 spiro atoms. The molecule has 3 N–H and O–H groups in total. The Hall–Kier alpha value is -3.03. The second-order valence-corrected chi connectivity index (χ2v) is 7.62. The van der Waals surface area contributed by atoms with E-state index in [1.165, 1.54) is 0 Å². The third-order valence-corrected chi connectivity index (χ3v) is 5.41. The van der Waals surface area contributed by atoms with Crippen molar-refractivity contribution in [1.82, 2.24) is 14.8 Å². The van der Waals surface area contributed by atoms with Crippen LogP contribution >= 0.6 is 11.6 Å². The van der Waals surface area contributed by atoms with Crippen molar-refractivity contribution in [3.63, 3.8) is 0 Å². The van der Waals surface area contributed by atoms with E-state index in [1.54, 1.807) is 35.2 Å². The van der Waals surface area contributed by atoms with Gasteiger partial charge in [0.2, 0.25) is 5.91 Å². The normalized spacial score (nSPS) is 11.9. The molecule has 7 nitrogen and oxygen atoms in total. The van der Waals surface area contributed by atoms with E-state index in [9.17, 15) is 14.7 Å². The number of carbonyl (C=O) groups excluding carboxylic acids is 2. The summed E-state index contributed by atoms with van der Waals surface area (Å²) < 4.78 is 1.91. The number of aliphatic hydroxyl groups is 1. The molecule has 2 aromatic carbocycles.